The molecule has 0 atom stereocenters. The Labute approximate surface area is 140 Å². The lowest BCUT2D eigenvalue weighted by molar-refractivity contribution is -0.115. The molecular weight excluding hydrogens is 319 g/mol. The first-order valence-electron chi connectivity index (χ1n) is 7.02. The maximum absolute atomic E-state index is 12.0. The second-order valence-electron chi connectivity index (χ2n) is 5.14. The van der Waals surface area contributed by atoms with E-state index in [4.69, 9.17) is 23.2 Å². The standard InChI is InChI=1S/C17H18Cl2N2O/c1-11-6-7-12(2)15(10-11)21-16(22)8-9-20-14-5-3-4-13(18)17(14)19/h3-7,10,20H,8-9H2,1-2H3,(H,21,22). The lowest BCUT2D eigenvalue weighted by Crippen LogP contribution is -2.17. The SMILES string of the molecule is Cc1ccc(C)c(NC(=O)CCNc2cccc(Cl)c2Cl)c1. The van der Waals surface area contributed by atoms with E-state index in [2.05, 4.69) is 10.6 Å². The van der Waals surface area contributed by atoms with E-state index >= 15 is 0 Å². The van der Waals surface area contributed by atoms with Crippen molar-refractivity contribution in [2.45, 2.75) is 20.3 Å². The largest absolute Gasteiger partial charge is 0.383 e. The van der Waals surface area contributed by atoms with E-state index in [1.807, 2.05) is 44.2 Å². The Morgan fingerprint density at radius 3 is 2.64 bits per heavy atom. The van der Waals surface area contributed by atoms with Crippen molar-refractivity contribution in [1.82, 2.24) is 0 Å². The van der Waals surface area contributed by atoms with Gasteiger partial charge in [0.2, 0.25) is 5.91 Å². The molecule has 0 aliphatic carbocycles. The molecule has 22 heavy (non-hydrogen) atoms. The molecule has 2 N–H and O–H groups in total. The van der Waals surface area contributed by atoms with Gasteiger partial charge in [0.25, 0.3) is 0 Å². The van der Waals surface area contributed by atoms with Crippen LogP contribution in [0.4, 0.5) is 11.4 Å². The molecule has 1 amide bonds. The van der Waals surface area contributed by atoms with Gasteiger partial charge in [-0.1, -0.05) is 41.4 Å². The van der Waals surface area contributed by atoms with Gasteiger partial charge < -0.3 is 10.6 Å². The minimum Gasteiger partial charge on any atom is -0.383 e. The zero-order chi connectivity index (χ0) is 16.1. The van der Waals surface area contributed by atoms with Crippen LogP contribution >= 0.6 is 23.2 Å². The van der Waals surface area contributed by atoms with Crippen LogP contribution in [0, 0.1) is 13.8 Å². The Morgan fingerprint density at radius 2 is 1.86 bits per heavy atom. The number of benzene rings is 2. The van der Waals surface area contributed by atoms with Gasteiger partial charge in [-0.05, 0) is 43.2 Å². The van der Waals surface area contributed by atoms with Gasteiger partial charge in [0.05, 0.1) is 15.7 Å². The molecule has 2 aromatic carbocycles. The van der Waals surface area contributed by atoms with Gasteiger partial charge in [-0.3, -0.25) is 4.79 Å². The lowest BCUT2D eigenvalue weighted by Gasteiger charge is -2.11. The predicted molar refractivity (Wildman–Crippen MR) is 94.1 cm³/mol. The Bertz CT molecular complexity index is 686. The van der Waals surface area contributed by atoms with Crippen LogP contribution in [0.3, 0.4) is 0 Å². The predicted octanol–water partition coefficient (Wildman–Crippen LogP) is 5.05. The summed E-state index contributed by atoms with van der Waals surface area (Å²) in [5, 5.41) is 7.01. The number of carbonyl (C=O) groups excluding carboxylic acids is 1. The van der Waals surface area contributed by atoms with E-state index in [1.54, 1.807) is 6.07 Å². The number of halogens is 2. The number of amides is 1. The van der Waals surface area contributed by atoms with E-state index in [1.165, 1.54) is 0 Å². The topological polar surface area (TPSA) is 41.1 Å². The Kier molecular flexibility index (Phi) is 5.69. The van der Waals surface area contributed by atoms with E-state index in [0.717, 1.165) is 22.5 Å². The molecule has 0 radical (unpaired) electrons. The molecule has 116 valence electrons. The van der Waals surface area contributed by atoms with Crippen LogP contribution < -0.4 is 10.6 Å². The lowest BCUT2D eigenvalue weighted by atomic mass is 10.1. The number of anilines is 2. The summed E-state index contributed by atoms with van der Waals surface area (Å²) in [5.41, 5.74) is 3.74. The van der Waals surface area contributed by atoms with Crippen molar-refractivity contribution in [1.29, 1.82) is 0 Å². The molecule has 0 bridgehead atoms. The molecule has 2 aromatic rings. The molecule has 0 unspecified atom stereocenters. The average molecular weight is 337 g/mol. The van der Waals surface area contributed by atoms with E-state index in [9.17, 15) is 4.79 Å². The van der Waals surface area contributed by atoms with Crippen molar-refractivity contribution in [3.8, 4) is 0 Å². The number of aryl methyl sites for hydroxylation is 2. The molecule has 2 rings (SSSR count). The summed E-state index contributed by atoms with van der Waals surface area (Å²) < 4.78 is 0. The molecule has 0 saturated heterocycles. The van der Waals surface area contributed by atoms with Crippen LogP contribution in [0.5, 0.6) is 0 Å². The molecular formula is C17H18Cl2N2O. The van der Waals surface area contributed by atoms with Gasteiger partial charge in [0.1, 0.15) is 0 Å². The molecule has 0 heterocycles. The van der Waals surface area contributed by atoms with Crippen LogP contribution in [-0.2, 0) is 4.79 Å². The number of hydrogen-bond donors (Lipinski definition) is 2. The molecule has 0 saturated carbocycles. The van der Waals surface area contributed by atoms with Gasteiger partial charge >= 0.3 is 0 Å². The average Bonchev–Trinajstić information content (AvgIpc) is 2.47. The minimum absolute atomic E-state index is 0.0423. The van der Waals surface area contributed by atoms with Gasteiger partial charge in [-0.25, -0.2) is 0 Å². The van der Waals surface area contributed by atoms with Crippen molar-refractivity contribution in [2.75, 3.05) is 17.2 Å². The smallest absolute Gasteiger partial charge is 0.226 e. The van der Waals surface area contributed by atoms with Crippen LogP contribution in [0.25, 0.3) is 0 Å². The number of nitrogens with one attached hydrogen (secondary N) is 2. The van der Waals surface area contributed by atoms with Crippen molar-refractivity contribution in [3.05, 3.63) is 57.6 Å². The highest BCUT2D eigenvalue weighted by molar-refractivity contribution is 6.43. The van der Waals surface area contributed by atoms with E-state index in [-0.39, 0.29) is 5.91 Å². The third kappa shape index (κ3) is 4.39. The number of rotatable bonds is 5. The van der Waals surface area contributed by atoms with Crippen molar-refractivity contribution < 1.29 is 4.79 Å². The maximum atomic E-state index is 12.0. The second-order valence-corrected chi connectivity index (χ2v) is 5.93. The van der Waals surface area contributed by atoms with Gasteiger partial charge in [-0.15, -0.1) is 0 Å². The molecule has 0 fully saturated rings. The molecule has 0 aliphatic rings. The Morgan fingerprint density at radius 1 is 1.09 bits per heavy atom. The molecule has 0 aromatic heterocycles. The monoisotopic (exact) mass is 336 g/mol. The highest BCUT2D eigenvalue weighted by Crippen LogP contribution is 2.29. The quantitative estimate of drug-likeness (QED) is 0.801. The van der Waals surface area contributed by atoms with Gasteiger partial charge in [-0.2, -0.15) is 0 Å². The molecule has 5 heteroatoms. The number of carbonyl (C=O) groups is 1. The fraction of sp³-hybridized carbons (Fsp3) is 0.235. The summed E-state index contributed by atoms with van der Waals surface area (Å²) in [5.74, 6) is -0.0423. The summed E-state index contributed by atoms with van der Waals surface area (Å²) in [4.78, 5) is 12.0. The highest BCUT2D eigenvalue weighted by Gasteiger charge is 2.07. The normalized spacial score (nSPS) is 10.4. The first-order chi connectivity index (χ1) is 10.5. The van der Waals surface area contributed by atoms with Crippen molar-refractivity contribution in [2.24, 2.45) is 0 Å². The maximum Gasteiger partial charge on any atom is 0.226 e. The van der Waals surface area contributed by atoms with Crippen LogP contribution in [0.15, 0.2) is 36.4 Å². The fourth-order valence-corrected chi connectivity index (χ4v) is 2.40. The van der Waals surface area contributed by atoms with Gasteiger partial charge in [0, 0.05) is 18.7 Å². The van der Waals surface area contributed by atoms with Crippen molar-refractivity contribution >= 4 is 40.5 Å². The number of hydrogen-bond acceptors (Lipinski definition) is 2. The summed E-state index contributed by atoms with van der Waals surface area (Å²) >= 11 is 12.0. The highest BCUT2D eigenvalue weighted by atomic mass is 35.5. The Balaban J connectivity index is 1.88. The first kappa shape index (κ1) is 16.7. The van der Waals surface area contributed by atoms with E-state index < -0.39 is 0 Å². The fourth-order valence-electron chi connectivity index (χ4n) is 2.03. The zero-order valence-corrected chi connectivity index (χ0v) is 14.1. The third-order valence-electron chi connectivity index (χ3n) is 3.29. The summed E-state index contributed by atoms with van der Waals surface area (Å²) in [6, 6.07) is 11.4. The summed E-state index contributed by atoms with van der Waals surface area (Å²) in [6.07, 6.45) is 0.343. The van der Waals surface area contributed by atoms with Crippen LogP contribution in [-0.4, -0.2) is 12.5 Å². The molecule has 0 aliphatic heterocycles. The second kappa shape index (κ2) is 7.52. The van der Waals surface area contributed by atoms with E-state index in [0.29, 0.717) is 23.0 Å². The zero-order valence-electron chi connectivity index (χ0n) is 12.5. The minimum atomic E-state index is -0.0423. The van der Waals surface area contributed by atoms with Gasteiger partial charge in [0.15, 0.2) is 0 Å². The molecule has 0 spiro atoms. The summed E-state index contributed by atoms with van der Waals surface area (Å²) in [6.45, 7) is 4.45. The summed E-state index contributed by atoms with van der Waals surface area (Å²) in [7, 11) is 0. The Hall–Kier alpha value is -1.71. The first-order valence-corrected chi connectivity index (χ1v) is 7.78. The van der Waals surface area contributed by atoms with Crippen LogP contribution in [0.2, 0.25) is 10.0 Å². The van der Waals surface area contributed by atoms with Crippen LogP contribution in [0.1, 0.15) is 17.5 Å². The molecule has 3 nitrogen and oxygen atoms in total. The van der Waals surface area contributed by atoms with Crippen molar-refractivity contribution in [3.63, 3.8) is 0 Å². The third-order valence-corrected chi connectivity index (χ3v) is 4.11.